The van der Waals surface area contributed by atoms with Crippen LogP contribution in [0.4, 0.5) is 0 Å². The number of hydrogen-bond donors (Lipinski definition) is 1. The largest absolute Gasteiger partial charge is 0.337 e. The molecule has 1 saturated heterocycles. The van der Waals surface area contributed by atoms with Crippen LogP contribution in [0.15, 0.2) is 30.3 Å². The van der Waals surface area contributed by atoms with Gasteiger partial charge in [-0.2, -0.15) is 5.10 Å². The topological polar surface area (TPSA) is 50.2 Å². The van der Waals surface area contributed by atoms with Gasteiger partial charge in [-0.25, -0.2) is 0 Å². The number of amides is 1. The summed E-state index contributed by atoms with van der Waals surface area (Å²) in [6, 6.07) is 10.0. The summed E-state index contributed by atoms with van der Waals surface area (Å²) in [5.41, 5.74) is 1.96. The van der Waals surface area contributed by atoms with Gasteiger partial charge in [-0.3, -0.25) is 9.48 Å². The van der Waals surface area contributed by atoms with Crippen molar-refractivity contribution in [2.45, 2.75) is 25.9 Å². The van der Waals surface area contributed by atoms with Crippen molar-refractivity contribution in [2.24, 2.45) is 0 Å². The molecule has 144 valence electrons. The van der Waals surface area contributed by atoms with Gasteiger partial charge in [0.15, 0.2) is 0 Å². The number of nitrogens with zero attached hydrogens (tertiary/aromatic N) is 3. The van der Waals surface area contributed by atoms with E-state index in [1.807, 2.05) is 53.9 Å². The van der Waals surface area contributed by atoms with Crippen molar-refractivity contribution < 1.29 is 4.79 Å². The van der Waals surface area contributed by atoms with E-state index in [1.165, 1.54) is 11.3 Å². The highest BCUT2D eigenvalue weighted by molar-refractivity contribution is 7.20. The van der Waals surface area contributed by atoms with Crippen LogP contribution in [0.25, 0.3) is 10.2 Å². The van der Waals surface area contributed by atoms with Gasteiger partial charge in [0.05, 0.1) is 17.1 Å². The Kier molecular flexibility index (Phi) is 6.11. The van der Waals surface area contributed by atoms with Crippen molar-refractivity contribution in [2.75, 3.05) is 20.1 Å². The molecule has 1 atom stereocenters. The fraction of sp³-hybridized carbons (Fsp3) is 0.368. The van der Waals surface area contributed by atoms with E-state index in [2.05, 4.69) is 10.4 Å². The minimum Gasteiger partial charge on any atom is -0.337 e. The number of aromatic nitrogens is 2. The molecule has 27 heavy (non-hydrogen) atoms. The van der Waals surface area contributed by atoms with Crippen LogP contribution in [0.2, 0.25) is 5.02 Å². The molecule has 0 spiro atoms. The van der Waals surface area contributed by atoms with Crippen LogP contribution in [-0.2, 0) is 6.54 Å². The molecule has 1 aliphatic heterocycles. The fourth-order valence-corrected chi connectivity index (χ4v) is 4.76. The predicted molar refractivity (Wildman–Crippen MR) is 114 cm³/mol. The molecule has 3 heterocycles. The van der Waals surface area contributed by atoms with Crippen molar-refractivity contribution in [3.8, 4) is 0 Å². The van der Waals surface area contributed by atoms with Crippen LogP contribution in [0, 0.1) is 6.92 Å². The Labute approximate surface area is 173 Å². The lowest BCUT2D eigenvalue weighted by atomic mass is 10.2. The summed E-state index contributed by atoms with van der Waals surface area (Å²) in [7, 11) is 1.90. The fourth-order valence-electron chi connectivity index (χ4n) is 3.42. The zero-order valence-electron chi connectivity index (χ0n) is 15.2. The van der Waals surface area contributed by atoms with Crippen LogP contribution in [0.5, 0.6) is 0 Å². The number of halogens is 2. The normalized spacial score (nSPS) is 16.5. The van der Waals surface area contributed by atoms with Gasteiger partial charge in [-0.05, 0) is 37.6 Å². The maximum atomic E-state index is 12.9. The minimum absolute atomic E-state index is 0. The molecule has 1 unspecified atom stereocenters. The summed E-state index contributed by atoms with van der Waals surface area (Å²) >= 11 is 7.81. The zero-order chi connectivity index (χ0) is 18.3. The lowest BCUT2D eigenvalue weighted by molar-refractivity contribution is 0.0749. The second kappa shape index (κ2) is 8.19. The van der Waals surface area contributed by atoms with Gasteiger partial charge in [-0.15, -0.1) is 23.7 Å². The lowest BCUT2D eigenvalue weighted by Gasteiger charge is -2.22. The molecule has 5 nitrogen and oxygen atoms in total. The average Bonchev–Trinajstić information content (AvgIpc) is 3.35. The highest BCUT2D eigenvalue weighted by Gasteiger charge is 2.26. The number of fused-ring (bicyclic) bond motifs is 1. The van der Waals surface area contributed by atoms with Crippen LogP contribution < -0.4 is 5.32 Å². The van der Waals surface area contributed by atoms with Crippen molar-refractivity contribution in [1.29, 1.82) is 0 Å². The van der Waals surface area contributed by atoms with Gasteiger partial charge in [0.2, 0.25) is 0 Å². The molecule has 8 heteroatoms. The molecule has 1 aromatic carbocycles. The van der Waals surface area contributed by atoms with E-state index >= 15 is 0 Å². The monoisotopic (exact) mass is 424 g/mol. The average molecular weight is 425 g/mol. The Morgan fingerprint density at radius 1 is 1.44 bits per heavy atom. The Bertz CT molecular complexity index is 962. The predicted octanol–water partition coefficient (Wildman–Crippen LogP) is 3.96. The Morgan fingerprint density at radius 2 is 2.22 bits per heavy atom. The maximum Gasteiger partial charge on any atom is 0.264 e. The highest BCUT2D eigenvalue weighted by Crippen LogP contribution is 2.30. The molecule has 1 fully saturated rings. The Hall–Kier alpha value is -1.60. The summed E-state index contributed by atoms with van der Waals surface area (Å²) in [4.78, 5) is 16.5. The highest BCUT2D eigenvalue weighted by atomic mass is 35.5. The number of hydrogen-bond acceptors (Lipinski definition) is 4. The van der Waals surface area contributed by atoms with Crippen molar-refractivity contribution in [1.82, 2.24) is 20.0 Å². The minimum atomic E-state index is 0. The van der Waals surface area contributed by atoms with Gasteiger partial charge >= 0.3 is 0 Å². The third-order valence-corrected chi connectivity index (χ3v) is 6.50. The third kappa shape index (κ3) is 3.85. The van der Waals surface area contributed by atoms with E-state index in [4.69, 9.17) is 11.6 Å². The molecule has 3 aromatic rings. The number of nitrogens with one attached hydrogen (secondary N) is 1. The van der Waals surface area contributed by atoms with E-state index in [0.717, 1.165) is 50.9 Å². The molecule has 0 bridgehead atoms. The molecule has 1 aliphatic rings. The van der Waals surface area contributed by atoms with Gasteiger partial charge in [0, 0.05) is 30.0 Å². The first-order chi connectivity index (χ1) is 12.5. The number of rotatable bonds is 4. The quantitative estimate of drug-likeness (QED) is 0.689. The van der Waals surface area contributed by atoms with Crippen LogP contribution in [0.3, 0.4) is 0 Å². The number of carbonyl (C=O) groups excluding carboxylic acids is 1. The molecule has 0 aliphatic carbocycles. The maximum absolute atomic E-state index is 12.9. The van der Waals surface area contributed by atoms with Gasteiger partial charge in [0.1, 0.15) is 4.83 Å². The molecular formula is C19H22Cl2N4OS. The molecular weight excluding hydrogens is 403 g/mol. The van der Waals surface area contributed by atoms with Gasteiger partial charge in [0.25, 0.3) is 5.91 Å². The summed E-state index contributed by atoms with van der Waals surface area (Å²) in [5.74, 6) is 0.0867. The van der Waals surface area contributed by atoms with Gasteiger partial charge < -0.3 is 10.2 Å². The number of benzene rings is 1. The van der Waals surface area contributed by atoms with Gasteiger partial charge in [-0.1, -0.05) is 29.8 Å². The molecule has 4 rings (SSSR count). The first-order valence-corrected chi connectivity index (χ1v) is 9.92. The van der Waals surface area contributed by atoms with E-state index in [1.54, 1.807) is 0 Å². The second-order valence-electron chi connectivity index (χ2n) is 6.73. The van der Waals surface area contributed by atoms with Crippen molar-refractivity contribution in [3.63, 3.8) is 0 Å². The SMILES string of the molecule is Cc1nn(Cc2ccccc2Cl)c2sc(C(=O)N(C)C3CCNC3)cc12.Cl. The van der Waals surface area contributed by atoms with E-state index in [-0.39, 0.29) is 24.4 Å². The summed E-state index contributed by atoms with van der Waals surface area (Å²) < 4.78 is 1.95. The standard InChI is InChI=1S/C19H21ClN4OS.ClH/c1-12-15-9-17(18(25)23(2)14-7-8-21-10-14)26-19(15)24(22-12)11-13-5-3-4-6-16(13)20;/h3-6,9,14,21H,7-8,10-11H2,1-2H3;1H. The van der Waals surface area contributed by atoms with Crippen molar-refractivity contribution >= 4 is 51.5 Å². The van der Waals surface area contributed by atoms with E-state index < -0.39 is 0 Å². The molecule has 0 radical (unpaired) electrons. The third-order valence-electron chi connectivity index (χ3n) is 5.00. The molecule has 0 saturated carbocycles. The number of aryl methyl sites for hydroxylation is 1. The summed E-state index contributed by atoms with van der Waals surface area (Å²) in [5, 5.41) is 9.73. The molecule has 1 amide bonds. The Balaban J connectivity index is 0.00000210. The lowest BCUT2D eigenvalue weighted by Crippen LogP contribution is -2.37. The zero-order valence-corrected chi connectivity index (χ0v) is 17.6. The smallest absolute Gasteiger partial charge is 0.264 e. The molecule has 1 N–H and O–H groups in total. The first kappa shape index (κ1) is 20.1. The second-order valence-corrected chi connectivity index (χ2v) is 8.16. The van der Waals surface area contributed by atoms with Crippen LogP contribution in [0.1, 0.15) is 27.3 Å². The number of carbonyl (C=O) groups is 1. The van der Waals surface area contributed by atoms with Crippen LogP contribution >= 0.6 is 35.3 Å². The number of likely N-dealkylation sites (N-methyl/N-ethyl adjacent to an activating group) is 1. The molecule has 2 aromatic heterocycles. The van der Waals surface area contributed by atoms with Crippen molar-refractivity contribution in [3.05, 3.63) is 51.5 Å². The number of thiophene rings is 1. The summed E-state index contributed by atoms with van der Waals surface area (Å²) in [6.07, 6.45) is 1.01. The van der Waals surface area contributed by atoms with E-state index in [0.29, 0.717) is 6.54 Å². The Morgan fingerprint density at radius 3 is 2.93 bits per heavy atom. The van der Waals surface area contributed by atoms with Crippen LogP contribution in [-0.4, -0.2) is 46.8 Å². The first-order valence-electron chi connectivity index (χ1n) is 8.73. The van der Waals surface area contributed by atoms with E-state index in [9.17, 15) is 4.79 Å². The summed E-state index contributed by atoms with van der Waals surface area (Å²) in [6.45, 7) is 4.42.